The average molecular weight is 334 g/mol. The van der Waals surface area contributed by atoms with Crippen LogP contribution in [0, 0.1) is 17.8 Å². The van der Waals surface area contributed by atoms with Gasteiger partial charge >= 0.3 is 0 Å². The van der Waals surface area contributed by atoms with Crippen molar-refractivity contribution in [1.82, 2.24) is 5.32 Å². The van der Waals surface area contributed by atoms with Crippen molar-refractivity contribution in [2.24, 2.45) is 17.8 Å². The highest BCUT2D eigenvalue weighted by Gasteiger charge is 2.41. The highest BCUT2D eigenvalue weighted by atomic mass is 35.5. The van der Waals surface area contributed by atoms with Gasteiger partial charge in [-0.05, 0) is 56.7 Å². The van der Waals surface area contributed by atoms with E-state index in [4.69, 9.17) is 11.6 Å². The lowest BCUT2D eigenvalue weighted by atomic mass is 9.67. The zero-order chi connectivity index (χ0) is 16.4. The van der Waals surface area contributed by atoms with Crippen LogP contribution in [0.4, 0.5) is 0 Å². The van der Waals surface area contributed by atoms with Crippen molar-refractivity contribution in [3.05, 3.63) is 34.9 Å². The average Bonchev–Trinajstić information content (AvgIpc) is 2.46. The molecule has 0 saturated heterocycles. The summed E-state index contributed by atoms with van der Waals surface area (Å²) < 4.78 is 0. The molecule has 2 aliphatic carbocycles. The molecule has 2 fully saturated rings. The Labute approximate surface area is 142 Å². The summed E-state index contributed by atoms with van der Waals surface area (Å²) >= 11 is 6.00. The fourth-order valence-electron chi connectivity index (χ4n) is 4.12. The summed E-state index contributed by atoms with van der Waals surface area (Å²) in [7, 11) is 0. The Morgan fingerprint density at radius 2 is 2.00 bits per heavy atom. The van der Waals surface area contributed by atoms with Gasteiger partial charge in [0.1, 0.15) is 5.78 Å². The Hall–Kier alpha value is -1.35. The van der Waals surface area contributed by atoms with E-state index in [9.17, 15) is 9.59 Å². The molecule has 0 aromatic heterocycles. The summed E-state index contributed by atoms with van der Waals surface area (Å²) in [5.41, 5.74) is 1.13. The van der Waals surface area contributed by atoms with E-state index in [1.807, 2.05) is 31.2 Å². The van der Waals surface area contributed by atoms with Crippen molar-refractivity contribution in [2.75, 3.05) is 0 Å². The number of carbonyl (C=O) groups is 2. The molecule has 0 aliphatic heterocycles. The molecule has 0 heterocycles. The molecule has 3 rings (SSSR count). The molecule has 124 valence electrons. The van der Waals surface area contributed by atoms with Gasteiger partial charge in [-0.1, -0.05) is 30.2 Å². The number of nitrogens with one attached hydrogen (secondary N) is 1. The fraction of sp³-hybridized carbons (Fsp3) is 0.579. The molecule has 1 amide bonds. The first kappa shape index (κ1) is 16.5. The van der Waals surface area contributed by atoms with Gasteiger partial charge < -0.3 is 5.32 Å². The minimum atomic E-state index is 0.00445. The third-order valence-electron chi connectivity index (χ3n) is 5.24. The van der Waals surface area contributed by atoms with E-state index in [2.05, 4.69) is 5.32 Å². The molecular weight excluding hydrogens is 310 g/mol. The molecule has 1 aromatic carbocycles. The van der Waals surface area contributed by atoms with Gasteiger partial charge in [0.2, 0.25) is 5.91 Å². The first-order valence-electron chi connectivity index (χ1n) is 8.61. The van der Waals surface area contributed by atoms with Gasteiger partial charge in [-0.25, -0.2) is 0 Å². The second-order valence-corrected chi connectivity index (χ2v) is 7.58. The predicted octanol–water partition coefficient (Wildman–Crippen LogP) is 3.78. The molecule has 4 heteroatoms. The summed E-state index contributed by atoms with van der Waals surface area (Å²) in [5, 5.41) is 3.85. The molecule has 2 aliphatic rings. The number of halogens is 1. The lowest BCUT2D eigenvalue weighted by Crippen LogP contribution is -2.45. The predicted molar refractivity (Wildman–Crippen MR) is 91.3 cm³/mol. The third-order valence-corrected chi connectivity index (χ3v) is 5.47. The van der Waals surface area contributed by atoms with E-state index in [1.165, 1.54) is 0 Å². The van der Waals surface area contributed by atoms with E-state index in [0.717, 1.165) is 49.1 Å². The third kappa shape index (κ3) is 3.95. The van der Waals surface area contributed by atoms with Crippen molar-refractivity contribution < 1.29 is 9.59 Å². The molecule has 0 spiro atoms. The number of hydrogen-bond donors (Lipinski definition) is 1. The number of Topliss-reactive ketones (excluding diaryl/α,β-unsaturated/α-hetero) is 1. The first-order chi connectivity index (χ1) is 11.0. The maximum atomic E-state index is 12.6. The van der Waals surface area contributed by atoms with Gasteiger partial charge in [0, 0.05) is 28.8 Å². The molecule has 2 saturated carbocycles. The fourth-order valence-corrected chi connectivity index (χ4v) is 4.34. The zero-order valence-electron chi connectivity index (χ0n) is 13.6. The number of benzene rings is 1. The quantitative estimate of drug-likeness (QED) is 0.911. The van der Waals surface area contributed by atoms with Gasteiger partial charge in [0.15, 0.2) is 0 Å². The van der Waals surface area contributed by atoms with E-state index in [0.29, 0.717) is 5.78 Å². The number of hydrogen-bond acceptors (Lipinski definition) is 2. The van der Waals surface area contributed by atoms with Crippen molar-refractivity contribution >= 4 is 23.3 Å². The normalized spacial score (nSPS) is 28.3. The second kappa shape index (κ2) is 7.04. The Bertz CT molecular complexity index is 585. The smallest absolute Gasteiger partial charge is 0.223 e. The van der Waals surface area contributed by atoms with Crippen LogP contribution < -0.4 is 5.32 Å². The molecule has 2 bridgehead atoms. The van der Waals surface area contributed by atoms with E-state index in [-0.39, 0.29) is 29.7 Å². The SMILES string of the molecule is C[C@@H](Cc1cccc(Cl)c1)NC(=O)C1C[C@H]2CCC[C@@H](C1)C2=O. The number of rotatable bonds is 4. The maximum absolute atomic E-state index is 12.6. The lowest BCUT2D eigenvalue weighted by Gasteiger charge is -2.37. The molecular formula is C19H24ClNO2. The van der Waals surface area contributed by atoms with E-state index < -0.39 is 0 Å². The molecule has 1 N–H and O–H groups in total. The number of amides is 1. The molecule has 3 nitrogen and oxygen atoms in total. The van der Waals surface area contributed by atoms with Gasteiger partial charge in [-0.15, -0.1) is 0 Å². The minimum Gasteiger partial charge on any atom is -0.353 e. The van der Waals surface area contributed by atoms with Crippen LogP contribution >= 0.6 is 11.6 Å². The van der Waals surface area contributed by atoms with Crippen LogP contribution in [-0.2, 0) is 16.0 Å². The minimum absolute atomic E-state index is 0.00445. The monoisotopic (exact) mass is 333 g/mol. The van der Waals surface area contributed by atoms with Gasteiger partial charge in [0.25, 0.3) is 0 Å². The lowest BCUT2D eigenvalue weighted by molar-refractivity contribution is -0.137. The summed E-state index contributed by atoms with van der Waals surface area (Å²) in [6, 6.07) is 7.82. The largest absolute Gasteiger partial charge is 0.353 e. The van der Waals surface area contributed by atoms with Crippen molar-refractivity contribution in [3.63, 3.8) is 0 Å². The van der Waals surface area contributed by atoms with Crippen LogP contribution in [0.15, 0.2) is 24.3 Å². The van der Waals surface area contributed by atoms with Crippen LogP contribution in [0.3, 0.4) is 0 Å². The number of ketones is 1. The van der Waals surface area contributed by atoms with Crippen LogP contribution in [0.2, 0.25) is 5.02 Å². The van der Waals surface area contributed by atoms with Crippen LogP contribution in [-0.4, -0.2) is 17.7 Å². The summed E-state index contributed by atoms with van der Waals surface area (Å²) in [5.74, 6) is 0.781. The second-order valence-electron chi connectivity index (χ2n) is 7.14. The number of fused-ring (bicyclic) bond motifs is 2. The van der Waals surface area contributed by atoms with Gasteiger partial charge in [-0.2, -0.15) is 0 Å². The van der Waals surface area contributed by atoms with Crippen molar-refractivity contribution in [3.8, 4) is 0 Å². The highest BCUT2D eigenvalue weighted by Crippen LogP contribution is 2.40. The summed E-state index contributed by atoms with van der Waals surface area (Å²) in [6.07, 6.45) is 5.33. The van der Waals surface area contributed by atoms with Gasteiger partial charge in [-0.3, -0.25) is 9.59 Å². The Morgan fingerprint density at radius 3 is 2.65 bits per heavy atom. The summed E-state index contributed by atoms with van der Waals surface area (Å²) in [4.78, 5) is 24.7. The van der Waals surface area contributed by atoms with Crippen molar-refractivity contribution in [1.29, 1.82) is 0 Å². The van der Waals surface area contributed by atoms with Crippen LogP contribution in [0.1, 0.15) is 44.6 Å². The van der Waals surface area contributed by atoms with E-state index >= 15 is 0 Å². The Kier molecular flexibility index (Phi) is 5.05. The Morgan fingerprint density at radius 1 is 1.30 bits per heavy atom. The van der Waals surface area contributed by atoms with Crippen LogP contribution in [0.5, 0.6) is 0 Å². The topological polar surface area (TPSA) is 46.2 Å². The maximum Gasteiger partial charge on any atom is 0.223 e. The molecule has 1 unspecified atom stereocenters. The molecule has 4 atom stereocenters. The zero-order valence-corrected chi connectivity index (χ0v) is 14.3. The standard InChI is InChI=1S/C19H24ClNO2/c1-12(8-13-4-2-7-17(20)9-13)21-19(23)16-10-14-5-3-6-15(11-16)18(14)22/h2,4,7,9,12,14-16H,3,5-6,8,10-11H2,1H3,(H,21,23)/t12-,14-,15+,16?/m0/s1. The number of carbonyl (C=O) groups excluding carboxylic acids is 2. The van der Waals surface area contributed by atoms with E-state index in [1.54, 1.807) is 0 Å². The first-order valence-corrected chi connectivity index (χ1v) is 8.99. The van der Waals surface area contributed by atoms with Crippen LogP contribution in [0.25, 0.3) is 0 Å². The molecule has 0 radical (unpaired) electrons. The Balaban J connectivity index is 1.55. The molecule has 1 aromatic rings. The summed E-state index contributed by atoms with van der Waals surface area (Å²) in [6.45, 7) is 2.02. The van der Waals surface area contributed by atoms with Gasteiger partial charge in [0.05, 0.1) is 0 Å². The highest BCUT2D eigenvalue weighted by molar-refractivity contribution is 6.30. The molecule has 23 heavy (non-hydrogen) atoms. The van der Waals surface area contributed by atoms with Crippen molar-refractivity contribution in [2.45, 2.75) is 51.5 Å².